The van der Waals surface area contributed by atoms with Gasteiger partial charge in [-0.1, -0.05) is 82.8 Å². The van der Waals surface area contributed by atoms with Gasteiger partial charge in [0.05, 0.1) is 37.3 Å². The average molecular weight is 1020 g/mol. The number of aromatic nitrogens is 2. The van der Waals surface area contributed by atoms with Crippen LogP contribution >= 0.6 is 24.4 Å². The van der Waals surface area contributed by atoms with Crippen LogP contribution in [0.1, 0.15) is 119 Å². The third kappa shape index (κ3) is 20.7. The number of ether oxygens (including phenoxy) is 2. The van der Waals surface area contributed by atoms with Gasteiger partial charge in [-0.2, -0.15) is 12.6 Å². The summed E-state index contributed by atoms with van der Waals surface area (Å²) in [6.45, 7) is 12.3. The molecular formula is C50H66N8O11S2. The van der Waals surface area contributed by atoms with Crippen LogP contribution < -0.4 is 31.9 Å². The number of hydrogen-bond acceptors (Lipinski definition) is 15. The molecule has 71 heavy (non-hydrogen) atoms. The normalized spacial score (nSPS) is 21.4. The lowest BCUT2D eigenvalue weighted by atomic mass is 10.0. The summed E-state index contributed by atoms with van der Waals surface area (Å²) in [5.74, 6) is -4.05. The quantitative estimate of drug-likeness (QED) is 0.0539. The highest BCUT2D eigenvalue weighted by atomic mass is 32.2. The average Bonchev–Trinajstić information content (AvgIpc) is 3.33. The van der Waals surface area contributed by atoms with E-state index in [1.165, 1.54) is 36.0 Å². The highest BCUT2D eigenvalue weighted by Crippen LogP contribution is 2.15. The van der Waals surface area contributed by atoms with Gasteiger partial charge in [0.2, 0.25) is 11.8 Å². The Morgan fingerprint density at radius 3 is 1.52 bits per heavy atom. The standard InChI is InChI=1S/C27H36N4O6S.C23H30N4O5S/c1-5-10-23(33)38-14-8-7-12-19-15-22(32)28-16-18-11-9-13-21(29-18)26(35)30-20(6-2)25(34)31-24(17(3)4)27(36)37-19;1-4-17-21(29)27-20(14(2)3)23(31)32-16(9-5-6-11-33)12-19(28)24-13-15-8-7-10-18(25-15)22(30)26-17/h6-7,9,11-13,17,19,24H,5,8,10,14-16H2,1-4H3,(H,28,32)(H,30,35)(H,31,34);4-5,7-10,14,16,20,33H,6,11-13H2,1-3H3,(H,24,28)(H,26,30)(H,27,29)/b12-7+,20-6-;9-5+,17-4-/t19-,24+;16-,20+/m11/s1. The van der Waals surface area contributed by atoms with Gasteiger partial charge in [-0.15, -0.1) is 0 Å². The van der Waals surface area contributed by atoms with Gasteiger partial charge in [0.15, 0.2) is 5.12 Å². The number of amides is 6. The highest BCUT2D eigenvalue weighted by Gasteiger charge is 2.32. The van der Waals surface area contributed by atoms with Gasteiger partial charge < -0.3 is 41.4 Å². The summed E-state index contributed by atoms with van der Waals surface area (Å²) in [5, 5.41) is 15.9. The molecule has 6 N–H and O–H groups in total. The fourth-order valence-corrected chi connectivity index (χ4v) is 7.43. The van der Waals surface area contributed by atoms with E-state index < -0.39 is 59.9 Å². The lowest BCUT2D eigenvalue weighted by molar-refractivity contribution is -0.153. The van der Waals surface area contributed by atoms with Crippen molar-refractivity contribution in [3.8, 4) is 0 Å². The maximum absolute atomic E-state index is 13.1. The SMILES string of the molecule is C/C=C1\NC(=O)c2cccc(n2)CNC(=O)C[C@@H](/C=C/CCS)OC(=O)[C@H](C(C)C)NC1=O.C/C=C1\NC(=O)c2cccc(n2)CNC(=O)C[C@@H](/C=C/CCSC(=O)CCC)OC(=O)[C@H](C(C)C)NC1=O. The first kappa shape index (κ1) is 58.7. The van der Waals surface area contributed by atoms with Gasteiger partial charge in [0.25, 0.3) is 23.6 Å². The van der Waals surface area contributed by atoms with Crippen LogP contribution in [-0.4, -0.2) is 98.3 Å². The molecular weight excluding hydrogens is 953 g/mol. The largest absolute Gasteiger partial charge is 0.456 e. The predicted molar refractivity (Wildman–Crippen MR) is 271 cm³/mol. The second kappa shape index (κ2) is 30.9. The summed E-state index contributed by atoms with van der Waals surface area (Å²) in [5.41, 5.74) is 1.03. The molecule has 2 aliphatic rings. The molecule has 21 heteroatoms. The zero-order chi connectivity index (χ0) is 52.5. The molecule has 0 fully saturated rings. The Hall–Kier alpha value is -6.61. The number of esters is 2. The summed E-state index contributed by atoms with van der Waals surface area (Å²) >= 11 is 5.40. The number of thioether (sulfide) groups is 1. The van der Waals surface area contributed by atoms with E-state index in [1.807, 2.05) is 6.92 Å². The predicted octanol–water partition coefficient (Wildman–Crippen LogP) is 4.46. The third-order valence-electron chi connectivity index (χ3n) is 10.3. The van der Waals surface area contributed by atoms with E-state index in [4.69, 9.17) is 9.47 Å². The molecule has 0 saturated heterocycles. The third-order valence-corrected chi connectivity index (χ3v) is 11.5. The maximum atomic E-state index is 13.1. The smallest absolute Gasteiger partial charge is 0.329 e. The van der Waals surface area contributed by atoms with Crippen molar-refractivity contribution in [2.24, 2.45) is 11.8 Å². The Morgan fingerprint density at radius 2 is 1.13 bits per heavy atom. The van der Waals surface area contributed by atoms with Crippen molar-refractivity contribution in [3.05, 3.63) is 107 Å². The fourth-order valence-electron chi connectivity index (χ4n) is 6.45. The van der Waals surface area contributed by atoms with Crippen LogP contribution in [0, 0.1) is 11.8 Å². The molecule has 0 spiro atoms. The van der Waals surface area contributed by atoms with Crippen LogP contribution in [0.25, 0.3) is 0 Å². The molecule has 2 aromatic heterocycles. The van der Waals surface area contributed by atoms with Crippen LogP contribution in [0.5, 0.6) is 0 Å². The highest BCUT2D eigenvalue weighted by molar-refractivity contribution is 8.13. The van der Waals surface area contributed by atoms with E-state index in [-0.39, 0.29) is 77.5 Å². The minimum atomic E-state index is -1.02. The van der Waals surface area contributed by atoms with Crippen LogP contribution in [0.3, 0.4) is 0 Å². The zero-order valence-electron chi connectivity index (χ0n) is 41.2. The summed E-state index contributed by atoms with van der Waals surface area (Å²) in [6.07, 6.45) is 10.3. The molecule has 0 unspecified atom stereocenters. The fraction of sp³-hybridized carbons (Fsp3) is 0.460. The van der Waals surface area contributed by atoms with E-state index in [0.717, 1.165) is 6.42 Å². The molecule has 0 saturated carbocycles. The van der Waals surface area contributed by atoms with Crippen molar-refractivity contribution < 1.29 is 52.6 Å². The molecule has 6 amide bonds. The first-order chi connectivity index (χ1) is 33.9. The van der Waals surface area contributed by atoms with Gasteiger partial charge in [0.1, 0.15) is 47.1 Å². The molecule has 4 bridgehead atoms. The summed E-state index contributed by atoms with van der Waals surface area (Å²) in [4.78, 5) is 122. The number of fused-ring (bicyclic) bond motifs is 4. The van der Waals surface area contributed by atoms with Crippen molar-refractivity contribution in [3.63, 3.8) is 0 Å². The second-order valence-electron chi connectivity index (χ2n) is 16.8. The molecule has 4 rings (SSSR count). The lowest BCUT2D eigenvalue weighted by Crippen LogP contribution is -2.48. The number of hydrogen-bond donors (Lipinski definition) is 7. The molecule has 384 valence electrons. The maximum Gasteiger partial charge on any atom is 0.329 e. The number of nitrogens with zero attached hydrogens (tertiary/aromatic N) is 2. The Balaban J connectivity index is 0.000000379. The molecule has 2 aromatic rings. The topological polar surface area (TPSA) is 270 Å². The van der Waals surface area contributed by atoms with Crippen LogP contribution in [0.15, 0.2) is 84.2 Å². The summed E-state index contributed by atoms with van der Waals surface area (Å²) < 4.78 is 11.2. The number of carbonyl (C=O) groups is 9. The van der Waals surface area contributed by atoms with Gasteiger partial charge >= 0.3 is 11.9 Å². The van der Waals surface area contributed by atoms with Crippen LogP contribution in [0.4, 0.5) is 0 Å². The van der Waals surface area contributed by atoms with Gasteiger partial charge in [-0.3, -0.25) is 33.6 Å². The monoisotopic (exact) mass is 1020 g/mol. The Kier molecular flexibility index (Phi) is 25.5. The number of allylic oxidation sites excluding steroid dienone is 4. The Labute approximate surface area is 424 Å². The minimum absolute atomic E-state index is 0.0173. The van der Waals surface area contributed by atoms with E-state index in [1.54, 1.807) is 90.1 Å². The lowest BCUT2D eigenvalue weighted by Gasteiger charge is -2.24. The van der Waals surface area contributed by atoms with Crippen LogP contribution in [0.2, 0.25) is 0 Å². The zero-order valence-corrected chi connectivity index (χ0v) is 42.9. The van der Waals surface area contributed by atoms with E-state index in [0.29, 0.717) is 42.2 Å². The van der Waals surface area contributed by atoms with E-state index in [9.17, 15) is 43.2 Å². The molecule has 0 radical (unpaired) electrons. The number of rotatable bonds is 11. The Bertz CT molecular complexity index is 2350. The van der Waals surface area contributed by atoms with E-state index >= 15 is 0 Å². The van der Waals surface area contributed by atoms with Crippen molar-refractivity contribution in [2.75, 3.05) is 11.5 Å². The van der Waals surface area contributed by atoms with Crippen molar-refractivity contribution in [1.29, 1.82) is 0 Å². The van der Waals surface area contributed by atoms with Crippen molar-refractivity contribution in [2.45, 2.75) is 124 Å². The van der Waals surface area contributed by atoms with E-state index in [2.05, 4.69) is 54.5 Å². The number of pyridine rings is 2. The summed E-state index contributed by atoms with van der Waals surface area (Å²) in [6, 6.07) is 7.60. The van der Waals surface area contributed by atoms with Crippen LogP contribution in [-0.2, 0) is 56.1 Å². The first-order valence-electron chi connectivity index (χ1n) is 23.4. The minimum Gasteiger partial charge on any atom is -0.456 e. The first-order valence-corrected chi connectivity index (χ1v) is 25.0. The molecule has 4 heterocycles. The number of cyclic esters (lactones) is 2. The van der Waals surface area contributed by atoms with Gasteiger partial charge in [-0.25, -0.2) is 19.6 Å². The molecule has 4 atom stereocenters. The molecule has 19 nitrogen and oxygen atoms in total. The van der Waals surface area contributed by atoms with Crippen molar-refractivity contribution >= 4 is 76.9 Å². The molecule has 0 aromatic carbocycles. The number of thiol groups is 1. The van der Waals surface area contributed by atoms with Gasteiger partial charge in [0, 0.05) is 12.2 Å². The number of carbonyl (C=O) groups excluding carboxylic acids is 9. The summed E-state index contributed by atoms with van der Waals surface area (Å²) in [7, 11) is 0. The number of nitrogens with one attached hydrogen (secondary N) is 6. The van der Waals surface area contributed by atoms with Crippen molar-refractivity contribution in [1.82, 2.24) is 41.9 Å². The second-order valence-corrected chi connectivity index (χ2v) is 18.4. The molecule has 2 aliphatic heterocycles. The Morgan fingerprint density at radius 1 is 0.690 bits per heavy atom. The van der Waals surface area contributed by atoms with Gasteiger partial charge in [-0.05, 0) is 87.1 Å². The molecule has 0 aliphatic carbocycles.